The molecule has 2 heteroatoms. The third-order valence-electron chi connectivity index (χ3n) is 2.29. The Hall–Kier alpha value is -1.33. The van der Waals surface area contributed by atoms with Gasteiger partial charge < -0.3 is 5.11 Å². The summed E-state index contributed by atoms with van der Waals surface area (Å²) >= 11 is 0. The first-order valence-corrected chi connectivity index (χ1v) is 4.25. The predicted molar refractivity (Wildman–Crippen MR) is 51.3 cm³/mol. The molecule has 1 aromatic carbocycles. The molecule has 0 aliphatic heterocycles. The maximum Gasteiger partial charge on any atom is 0.0994 e. The van der Waals surface area contributed by atoms with E-state index < -0.39 is 6.10 Å². The van der Waals surface area contributed by atoms with Crippen LogP contribution in [0.25, 0.3) is 0 Å². The van der Waals surface area contributed by atoms with Crippen molar-refractivity contribution < 1.29 is 5.11 Å². The standard InChI is InChI=1S/C11H13NO/c1-7-4-10(9(3)13)5-11(6-12)8(7)2/h4-5,9,13H,1-3H3. The van der Waals surface area contributed by atoms with Gasteiger partial charge in [-0.15, -0.1) is 0 Å². The molecule has 1 atom stereocenters. The van der Waals surface area contributed by atoms with Crippen LogP contribution in [0.1, 0.15) is 35.3 Å². The number of hydrogen-bond donors (Lipinski definition) is 1. The Labute approximate surface area is 78.4 Å². The van der Waals surface area contributed by atoms with E-state index in [2.05, 4.69) is 6.07 Å². The summed E-state index contributed by atoms with van der Waals surface area (Å²) in [5.41, 5.74) is 3.50. The maximum absolute atomic E-state index is 9.35. The van der Waals surface area contributed by atoms with E-state index in [1.807, 2.05) is 19.9 Å². The summed E-state index contributed by atoms with van der Waals surface area (Å²) in [6.07, 6.45) is -0.508. The molecule has 1 aromatic rings. The van der Waals surface area contributed by atoms with Gasteiger partial charge in [-0.05, 0) is 43.5 Å². The number of rotatable bonds is 1. The summed E-state index contributed by atoms with van der Waals surface area (Å²) in [4.78, 5) is 0. The predicted octanol–water partition coefficient (Wildman–Crippen LogP) is 2.23. The molecule has 0 heterocycles. The van der Waals surface area contributed by atoms with Gasteiger partial charge in [0.1, 0.15) is 0 Å². The van der Waals surface area contributed by atoms with Crippen molar-refractivity contribution in [1.29, 1.82) is 5.26 Å². The smallest absolute Gasteiger partial charge is 0.0994 e. The average Bonchev–Trinajstić information content (AvgIpc) is 2.09. The Balaban J connectivity index is 3.32. The van der Waals surface area contributed by atoms with E-state index in [4.69, 9.17) is 5.26 Å². The zero-order chi connectivity index (χ0) is 10.0. The molecule has 13 heavy (non-hydrogen) atoms. The topological polar surface area (TPSA) is 44.0 Å². The Morgan fingerprint density at radius 2 is 2.00 bits per heavy atom. The van der Waals surface area contributed by atoms with Gasteiger partial charge in [0.05, 0.1) is 17.7 Å². The molecule has 0 radical (unpaired) electrons. The Morgan fingerprint density at radius 3 is 2.46 bits per heavy atom. The van der Waals surface area contributed by atoms with E-state index in [9.17, 15) is 5.11 Å². The van der Waals surface area contributed by atoms with Crippen LogP contribution < -0.4 is 0 Å². The number of aliphatic hydroxyl groups excluding tert-OH is 1. The lowest BCUT2D eigenvalue weighted by atomic mass is 9.98. The minimum atomic E-state index is -0.508. The number of aliphatic hydroxyl groups is 1. The second kappa shape index (κ2) is 3.59. The summed E-state index contributed by atoms with van der Waals surface area (Å²) in [6.45, 7) is 5.56. The lowest BCUT2D eigenvalue weighted by Gasteiger charge is -2.09. The van der Waals surface area contributed by atoms with E-state index in [0.29, 0.717) is 5.56 Å². The summed E-state index contributed by atoms with van der Waals surface area (Å²) < 4.78 is 0. The molecule has 1 N–H and O–H groups in total. The van der Waals surface area contributed by atoms with Gasteiger partial charge in [-0.2, -0.15) is 5.26 Å². The van der Waals surface area contributed by atoms with Crippen LogP contribution in [0.5, 0.6) is 0 Å². The average molecular weight is 175 g/mol. The molecule has 0 saturated carbocycles. The molecule has 0 amide bonds. The van der Waals surface area contributed by atoms with E-state index in [0.717, 1.165) is 16.7 Å². The van der Waals surface area contributed by atoms with E-state index in [1.54, 1.807) is 13.0 Å². The van der Waals surface area contributed by atoms with Crippen LogP contribution in [0.2, 0.25) is 0 Å². The summed E-state index contributed by atoms with van der Waals surface area (Å²) in [5.74, 6) is 0. The van der Waals surface area contributed by atoms with Gasteiger partial charge in [-0.3, -0.25) is 0 Å². The zero-order valence-electron chi connectivity index (χ0n) is 8.13. The molecule has 0 saturated heterocycles. The maximum atomic E-state index is 9.35. The number of nitrogens with zero attached hydrogens (tertiary/aromatic N) is 1. The highest BCUT2D eigenvalue weighted by atomic mass is 16.3. The monoisotopic (exact) mass is 175 g/mol. The highest BCUT2D eigenvalue weighted by molar-refractivity contribution is 5.45. The van der Waals surface area contributed by atoms with Gasteiger partial charge >= 0.3 is 0 Å². The van der Waals surface area contributed by atoms with Gasteiger partial charge in [0.2, 0.25) is 0 Å². The minimum Gasteiger partial charge on any atom is -0.389 e. The van der Waals surface area contributed by atoms with Gasteiger partial charge in [0, 0.05) is 0 Å². The number of aryl methyl sites for hydroxylation is 1. The van der Waals surface area contributed by atoms with Crippen molar-refractivity contribution in [3.63, 3.8) is 0 Å². The summed E-state index contributed by atoms with van der Waals surface area (Å²) in [5, 5.41) is 18.2. The van der Waals surface area contributed by atoms with Gasteiger partial charge in [-0.25, -0.2) is 0 Å². The molecular formula is C11H13NO. The zero-order valence-corrected chi connectivity index (χ0v) is 8.13. The first kappa shape index (κ1) is 9.76. The molecule has 0 bridgehead atoms. The van der Waals surface area contributed by atoms with E-state index in [1.165, 1.54) is 0 Å². The Bertz CT molecular complexity index is 361. The Morgan fingerprint density at radius 1 is 1.38 bits per heavy atom. The number of benzene rings is 1. The first-order chi connectivity index (χ1) is 6.06. The highest BCUT2D eigenvalue weighted by Gasteiger charge is 2.06. The largest absolute Gasteiger partial charge is 0.389 e. The fourth-order valence-corrected chi connectivity index (χ4v) is 1.24. The minimum absolute atomic E-state index is 0.508. The molecule has 0 fully saturated rings. The summed E-state index contributed by atoms with van der Waals surface area (Å²) in [7, 11) is 0. The van der Waals surface area contributed by atoms with Crippen LogP contribution in [0.3, 0.4) is 0 Å². The van der Waals surface area contributed by atoms with Crippen LogP contribution in [0, 0.1) is 25.2 Å². The third-order valence-corrected chi connectivity index (χ3v) is 2.29. The molecule has 0 aliphatic carbocycles. The van der Waals surface area contributed by atoms with Crippen molar-refractivity contribution in [2.24, 2.45) is 0 Å². The molecule has 68 valence electrons. The molecule has 0 aromatic heterocycles. The number of nitriles is 1. The molecule has 1 unspecified atom stereocenters. The van der Waals surface area contributed by atoms with Crippen molar-refractivity contribution in [1.82, 2.24) is 0 Å². The SMILES string of the molecule is Cc1cc(C(C)O)cc(C#N)c1C. The highest BCUT2D eigenvalue weighted by Crippen LogP contribution is 2.20. The second-order valence-corrected chi connectivity index (χ2v) is 3.30. The van der Waals surface area contributed by atoms with Crippen molar-refractivity contribution in [2.75, 3.05) is 0 Å². The normalized spacial score (nSPS) is 12.2. The molecule has 1 rings (SSSR count). The van der Waals surface area contributed by atoms with E-state index >= 15 is 0 Å². The van der Waals surface area contributed by atoms with E-state index in [-0.39, 0.29) is 0 Å². The lowest BCUT2D eigenvalue weighted by Crippen LogP contribution is -1.96. The van der Waals surface area contributed by atoms with Crippen molar-refractivity contribution in [3.8, 4) is 6.07 Å². The van der Waals surface area contributed by atoms with Crippen LogP contribution in [-0.2, 0) is 0 Å². The van der Waals surface area contributed by atoms with Crippen molar-refractivity contribution in [3.05, 3.63) is 34.4 Å². The van der Waals surface area contributed by atoms with Gasteiger partial charge in [-0.1, -0.05) is 6.07 Å². The fourth-order valence-electron chi connectivity index (χ4n) is 1.24. The summed E-state index contributed by atoms with van der Waals surface area (Å²) in [6, 6.07) is 5.78. The molecule has 0 spiro atoms. The van der Waals surface area contributed by atoms with Crippen LogP contribution in [0.4, 0.5) is 0 Å². The number of hydrogen-bond acceptors (Lipinski definition) is 2. The van der Waals surface area contributed by atoms with Crippen LogP contribution in [0.15, 0.2) is 12.1 Å². The van der Waals surface area contributed by atoms with Crippen LogP contribution >= 0.6 is 0 Å². The molecule has 2 nitrogen and oxygen atoms in total. The lowest BCUT2D eigenvalue weighted by molar-refractivity contribution is 0.199. The fraction of sp³-hybridized carbons (Fsp3) is 0.364. The van der Waals surface area contributed by atoms with Crippen molar-refractivity contribution in [2.45, 2.75) is 26.9 Å². The quantitative estimate of drug-likeness (QED) is 0.711. The molecular weight excluding hydrogens is 162 g/mol. The first-order valence-electron chi connectivity index (χ1n) is 4.25. The van der Waals surface area contributed by atoms with Crippen LogP contribution in [-0.4, -0.2) is 5.11 Å². The molecule has 0 aliphatic rings. The third kappa shape index (κ3) is 1.88. The van der Waals surface area contributed by atoms with Gasteiger partial charge in [0.15, 0.2) is 0 Å². The van der Waals surface area contributed by atoms with Crippen molar-refractivity contribution >= 4 is 0 Å². The Kier molecular flexibility index (Phi) is 2.69. The second-order valence-electron chi connectivity index (χ2n) is 3.30. The van der Waals surface area contributed by atoms with Gasteiger partial charge in [0.25, 0.3) is 0 Å².